The first-order valence-corrected chi connectivity index (χ1v) is 5.68. The molecule has 0 aromatic carbocycles. The minimum absolute atomic E-state index is 0.00171. The van der Waals surface area contributed by atoms with Gasteiger partial charge in [-0.1, -0.05) is 0 Å². The Bertz CT molecular complexity index is 505. The number of aryl methyl sites for hydroxylation is 1. The molecule has 0 radical (unpaired) electrons. The number of methoxy groups -OCH3 is 1. The SMILES string of the molecule is COc1[nH]c2c(c(=O)c1CNC(C)=O)CCC2. The molecule has 0 bridgehead atoms. The Morgan fingerprint density at radius 3 is 2.88 bits per heavy atom. The van der Waals surface area contributed by atoms with Crippen LogP contribution in [0.5, 0.6) is 5.88 Å². The Hall–Kier alpha value is -1.78. The van der Waals surface area contributed by atoms with E-state index in [-0.39, 0.29) is 17.9 Å². The molecule has 1 aromatic rings. The van der Waals surface area contributed by atoms with E-state index < -0.39 is 0 Å². The van der Waals surface area contributed by atoms with Crippen molar-refractivity contribution >= 4 is 5.91 Å². The first-order chi connectivity index (χ1) is 8.13. The standard InChI is InChI=1S/C12H16N2O3/c1-7(15)13-6-9-11(16)8-4-3-5-10(8)14-12(9)17-2/h3-6H2,1-2H3,(H,13,15)(H,14,16). The van der Waals surface area contributed by atoms with E-state index in [1.165, 1.54) is 14.0 Å². The van der Waals surface area contributed by atoms with Crippen LogP contribution < -0.4 is 15.5 Å². The highest BCUT2D eigenvalue weighted by atomic mass is 16.5. The Balaban J connectivity index is 2.42. The van der Waals surface area contributed by atoms with Crippen LogP contribution in [-0.2, 0) is 24.2 Å². The van der Waals surface area contributed by atoms with Gasteiger partial charge in [-0.05, 0) is 19.3 Å². The Morgan fingerprint density at radius 2 is 2.24 bits per heavy atom. The number of hydrogen-bond donors (Lipinski definition) is 2. The van der Waals surface area contributed by atoms with Crippen LogP contribution >= 0.6 is 0 Å². The fourth-order valence-corrected chi connectivity index (χ4v) is 2.18. The molecule has 1 aliphatic rings. The number of fused-ring (bicyclic) bond motifs is 1. The molecule has 0 saturated carbocycles. The maximum absolute atomic E-state index is 12.2. The molecule has 1 heterocycles. The van der Waals surface area contributed by atoms with Gasteiger partial charge in [0.15, 0.2) is 11.3 Å². The van der Waals surface area contributed by atoms with Crippen LogP contribution in [0.4, 0.5) is 0 Å². The molecule has 2 rings (SSSR count). The lowest BCUT2D eigenvalue weighted by atomic mass is 10.1. The van der Waals surface area contributed by atoms with Crippen molar-refractivity contribution in [2.75, 3.05) is 7.11 Å². The van der Waals surface area contributed by atoms with Crippen LogP contribution in [0.25, 0.3) is 0 Å². The molecule has 92 valence electrons. The molecule has 0 unspecified atom stereocenters. The summed E-state index contributed by atoms with van der Waals surface area (Å²) in [6.07, 6.45) is 2.69. The molecule has 0 atom stereocenters. The van der Waals surface area contributed by atoms with Crippen molar-refractivity contribution in [2.24, 2.45) is 0 Å². The zero-order valence-electron chi connectivity index (χ0n) is 10.1. The first-order valence-electron chi connectivity index (χ1n) is 5.68. The van der Waals surface area contributed by atoms with E-state index >= 15 is 0 Å². The molecular weight excluding hydrogens is 220 g/mol. The molecule has 5 nitrogen and oxygen atoms in total. The zero-order valence-corrected chi connectivity index (χ0v) is 10.1. The Labute approximate surface area is 99.2 Å². The van der Waals surface area contributed by atoms with Crippen molar-refractivity contribution in [3.63, 3.8) is 0 Å². The summed E-state index contributed by atoms with van der Waals surface area (Å²) >= 11 is 0. The highest BCUT2D eigenvalue weighted by Gasteiger charge is 2.20. The van der Waals surface area contributed by atoms with E-state index in [0.29, 0.717) is 11.4 Å². The van der Waals surface area contributed by atoms with Crippen molar-refractivity contribution in [3.05, 3.63) is 27.0 Å². The highest BCUT2D eigenvalue weighted by Crippen LogP contribution is 2.21. The van der Waals surface area contributed by atoms with Crippen molar-refractivity contribution in [2.45, 2.75) is 32.7 Å². The van der Waals surface area contributed by atoms with Gasteiger partial charge in [0.2, 0.25) is 5.91 Å². The quantitative estimate of drug-likeness (QED) is 0.803. The summed E-state index contributed by atoms with van der Waals surface area (Å²) in [6.45, 7) is 1.63. The van der Waals surface area contributed by atoms with Crippen molar-refractivity contribution in [1.82, 2.24) is 10.3 Å². The van der Waals surface area contributed by atoms with E-state index in [2.05, 4.69) is 10.3 Å². The van der Waals surface area contributed by atoms with Gasteiger partial charge in [-0.15, -0.1) is 0 Å². The number of H-pyrrole nitrogens is 1. The third-order valence-electron chi connectivity index (χ3n) is 3.02. The Kier molecular flexibility index (Phi) is 3.17. The molecule has 0 spiro atoms. The van der Waals surface area contributed by atoms with Crippen molar-refractivity contribution in [1.29, 1.82) is 0 Å². The van der Waals surface area contributed by atoms with Crippen LogP contribution in [0.2, 0.25) is 0 Å². The van der Waals surface area contributed by atoms with Gasteiger partial charge in [0.05, 0.1) is 19.2 Å². The molecule has 1 aliphatic carbocycles. The van der Waals surface area contributed by atoms with Crippen molar-refractivity contribution < 1.29 is 9.53 Å². The van der Waals surface area contributed by atoms with Gasteiger partial charge < -0.3 is 15.0 Å². The fourth-order valence-electron chi connectivity index (χ4n) is 2.18. The largest absolute Gasteiger partial charge is 0.482 e. The molecule has 17 heavy (non-hydrogen) atoms. The predicted octanol–water partition coefficient (Wildman–Crippen LogP) is 0.508. The summed E-state index contributed by atoms with van der Waals surface area (Å²) in [5.41, 5.74) is 2.31. The second kappa shape index (κ2) is 4.61. The van der Waals surface area contributed by atoms with E-state index in [1.807, 2.05) is 0 Å². The number of hydrogen-bond acceptors (Lipinski definition) is 3. The van der Waals surface area contributed by atoms with Gasteiger partial charge in [0, 0.05) is 18.2 Å². The average Bonchev–Trinajstić information content (AvgIpc) is 2.75. The Morgan fingerprint density at radius 1 is 1.47 bits per heavy atom. The molecule has 1 amide bonds. The van der Waals surface area contributed by atoms with Crippen LogP contribution in [0.3, 0.4) is 0 Å². The minimum atomic E-state index is -0.160. The van der Waals surface area contributed by atoms with Gasteiger partial charge in [-0.25, -0.2) is 0 Å². The van der Waals surface area contributed by atoms with Crippen LogP contribution in [0, 0.1) is 0 Å². The summed E-state index contributed by atoms with van der Waals surface area (Å²) in [6, 6.07) is 0. The molecule has 5 heteroatoms. The third kappa shape index (κ3) is 2.18. The second-order valence-electron chi connectivity index (χ2n) is 4.19. The zero-order chi connectivity index (χ0) is 12.4. The lowest BCUT2D eigenvalue weighted by Gasteiger charge is -2.11. The maximum Gasteiger partial charge on any atom is 0.217 e. The number of nitrogens with one attached hydrogen (secondary N) is 2. The topological polar surface area (TPSA) is 71.2 Å². The normalized spacial score (nSPS) is 13.3. The molecule has 1 aromatic heterocycles. The molecule has 0 fully saturated rings. The van der Waals surface area contributed by atoms with E-state index in [1.54, 1.807) is 0 Å². The summed E-state index contributed by atoms with van der Waals surface area (Å²) in [7, 11) is 1.52. The van der Waals surface area contributed by atoms with Crippen LogP contribution in [0.15, 0.2) is 4.79 Å². The number of ether oxygens (including phenoxy) is 1. The van der Waals surface area contributed by atoms with Crippen molar-refractivity contribution in [3.8, 4) is 5.88 Å². The van der Waals surface area contributed by atoms with Gasteiger partial charge in [0.1, 0.15) is 0 Å². The number of amides is 1. The second-order valence-corrected chi connectivity index (χ2v) is 4.19. The number of pyridine rings is 1. The highest BCUT2D eigenvalue weighted by molar-refractivity contribution is 5.72. The lowest BCUT2D eigenvalue weighted by Crippen LogP contribution is -2.26. The van der Waals surface area contributed by atoms with Gasteiger partial charge in [-0.3, -0.25) is 9.59 Å². The summed E-state index contributed by atoms with van der Waals surface area (Å²) in [5.74, 6) is 0.302. The molecule has 0 aliphatic heterocycles. The number of aromatic amines is 1. The van der Waals surface area contributed by atoms with Crippen LogP contribution in [0.1, 0.15) is 30.2 Å². The van der Waals surface area contributed by atoms with Gasteiger partial charge in [-0.2, -0.15) is 0 Å². The molecular formula is C12H16N2O3. The number of aromatic nitrogens is 1. The first kappa shape index (κ1) is 11.7. The van der Waals surface area contributed by atoms with Gasteiger partial charge in [0.25, 0.3) is 0 Å². The molecule has 0 saturated heterocycles. The number of rotatable bonds is 3. The number of carbonyl (C=O) groups is 1. The predicted molar refractivity (Wildman–Crippen MR) is 63.2 cm³/mol. The smallest absolute Gasteiger partial charge is 0.217 e. The maximum atomic E-state index is 12.2. The summed E-state index contributed by atoms with van der Waals surface area (Å²) in [4.78, 5) is 26.2. The summed E-state index contributed by atoms with van der Waals surface area (Å²) in [5, 5.41) is 2.63. The number of carbonyl (C=O) groups excluding carboxylic acids is 1. The average molecular weight is 236 g/mol. The molecule has 2 N–H and O–H groups in total. The lowest BCUT2D eigenvalue weighted by molar-refractivity contribution is -0.119. The van der Waals surface area contributed by atoms with Crippen LogP contribution in [-0.4, -0.2) is 18.0 Å². The monoisotopic (exact) mass is 236 g/mol. The van der Waals surface area contributed by atoms with E-state index in [4.69, 9.17) is 4.74 Å². The summed E-state index contributed by atoms with van der Waals surface area (Å²) < 4.78 is 5.18. The van der Waals surface area contributed by atoms with E-state index in [0.717, 1.165) is 30.5 Å². The fraction of sp³-hybridized carbons (Fsp3) is 0.500. The third-order valence-corrected chi connectivity index (χ3v) is 3.02. The van der Waals surface area contributed by atoms with E-state index in [9.17, 15) is 9.59 Å². The minimum Gasteiger partial charge on any atom is -0.482 e. The van der Waals surface area contributed by atoms with Gasteiger partial charge >= 0.3 is 0 Å².